The molecular weight excluding hydrogens is 477 g/mol. The first-order chi connectivity index (χ1) is 16.3. The Morgan fingerprint density at radius 2 is 1.74 bits per heavy atom. The summed E-state index contributed by atoms with van der Waals surface area (Å²) in [6.07, 6.45) is 2.87. The molecule has 0 unspecified atom stereocenters. The molecule has 34 heavy (non-hydrogen) atoms. The van der Waals surface area contributed by atoms with Gasteiger partial charge in [0.2, 0.25) is 5.78 Å². The first-order valence-corrected chi connectivity index (χ1v) is 12.1. The monoisotopic (exact) mass is 503 g/mol. The molecule has 4 heterocycles. The summed E-state index contributed by atoms with van der Waals surface area (Å²) in [5, 5.41) is 1.20. The van der Waals surface area contributed by atoms with E-state index in [2.05, 4.69) is 19.4 Å². The third-order valence-electron chi connectivity index (χ3n) is 6.76. The number of nitrogens with zero attached hydrogens (tertiary/aromatic N) is 7. The van der Waals surface area contributed by atoms with Gasteiger partial charge in [0, 0.05) is 58.7 Å². The van der Waals surface area contributed by atoms with Crippen LogP contribution in [0.3, 0.4) is 0 Å². The fourth-order valence-electron chi connectivity index (χ4n) is 4.81. The summed E-state index contributed by atoms with van der Waals surface area (Å²) in [6, 6.07) is 5.76. The standard InChI is InChI=1S/C23H27Cl2N7O2/c1-15-14-32-19-20(27(2)23(34)28(3)21(19)33)26-22(32)31(15)9-5-8-29-10-12-30(13-11-29)17-7-4-6-16(24)18(17)25/h4,6-7,14H,5,8-13H2,1-3H3. The van der Waals surface area contributed by atoms with Crippen LogP contribution in [-0.4, -0.2) is 60.7 Å². The Morgan fingerprint density at radius 3 is 2.47 bits per heavy atom. The van der Waals surface area contributed by atoms with Gasteiger partial charge in [0.1, 0.15) is 0 Å². The molecule has 1 aliphatic rings. The number of rotatable bonds is 5. The zero-order chi connectivity index (χ0) is 24.1. The fraction of sp³-hybridized carbons (Fsp3) is 0.435. The van der Waals surface area contributed by atoms with Crippen molar-refractivity contribution in [2.45, 2.75) is 19.9 Å². The Morgan fingerprint density at radius 1 is 1.00 bits per heavy atom. The Hall–Kier alpha value is -2.75. The number of aryl methyl sites for hydroxylation is 3. The second-order valence-corrected chi connectivity index (χ2v) is 9.62. The molecule has 4 aromatic rings. The highest BCUT2D eigenvalue weighted by molar-refractivity contribution is 6.43. The van der Waals surface area contributed by atoms with Crippen molar-refractivity contribution >= 4 is 45.8 Å². The van der Waals surface area contributed by atoms with E-state index in [1.54, 1.807) is 11.4 Å². The molecule has 0 radical (unpaired) electrons. The fourth-order valence-corrected chi connectivity index (χ4v) is 5.22. The molecule has 0 bridgehead atoms. The Balaban J connectivity index is 1.28. The highest BCUT2D eigenvalue weighted by Gasteiger charge is 2.21. The maximum Gasteiger partial charge on any atom is 0.332 e. The lowest BCUT2D eigenvalue weighted by molar-refractivity contribution is 0.250. The van der Waals surface area contributed by atoms with Gasteiger partial charge in [-0.25, -0.2) is 4.79 Å². The molecule has 0 amide bonds. The third-order valence-corrected chi connectivity index (χ3v) is 7.57. The van der Waals surface area contributed by atoms with Crippen molar-refractivity contribution in [1.82, 2.24) is 28.0 Å². The predicted molar refractivity (Wildman–Crippen MR) is 136 cm³/mol. The second kappa shape index (κ2) is 8.79. The molecule has 1 saturated heterocycles. The molecule has 0 atom stereocenters. The van der Waals surface area contributed by atoms with Crippen LogP contribution in [-0.2, 0) is 20.6 Å². The molecule has 11 heteroatoms. The second-order valence-electron chi connectivity index (χ2n) is 8.84. The SMILES string of the molecule is Cc1cn2c3c(=O)n(C)c(=O)n(C)c3nc2n1CCCN1CCN(c2cccc(Cl)c2Cl)CC1. The van der Waals surface area contributed by atoms with E-state index in [9.17, 15) is 9.59 Å². The van der Waals surface area contributed by atoms with Crippen LogP contribution >= 0.6 is 23.2 Å². The van der Waals surface area contributed by atoms with Crippen LogP contribution in [0.15, 0.2) is 34.0 Å². The summed E-state index contributed by atoms with van der Waals surface area (Å²) >= 11 is 12.6. The molecule has 9 nitrogen and oxygen atoms in total. The zero-order valence-corrected chi connectivity index (χ0v) is 21.0. The molecule has 0 aliphatic carbocycles. The van der Waals surface area contributed by atoms with E-state index >= 15 is 0 Å². The number of benzene rings is 1. The number of imidazole rings is 2. The van der Waals surface area contributed by atoms with Gasteiger partial charge in [-0.2, -0.15) is 4.98 Å². The minimum atomic E-state index is -0.375. The molecule has 180 valence electrons. The van der Waals surface area contributed by atoms with E-state index in [0.717, 1.165) is 61.6 Å². The topological polar surface area (TPSA) is 72.7 Å². The molecule has 0 N–H and O–H groups in total. The summed E-state index contributed by atoms with van der Waals surface area (Å²) < 4.78 is 6.47. The van der Waals surface area contributed by atoms with Crippen molar-refractivity contribution in [2.24, 2.45) is 14.1 Å². The van der Waals surface area contributed by atoms with Gasteiger partial charge in [-0.1, -0.05) is 29.3 Å². The van der Waals surface area contributed by atoms with Crippen molar-refractivity contribution < 1.29 is 0 Å². The Labute approximate surface area is 206 Å². The minimum Gasteiger partial charge on any atom is -0.368 e. The first kappa shape index (κ1) is 23.0. The van der Waals surface area contributed by atoms with E-state index in [1.165, 1.54) is 11.6 Å². The molecule has 1 fully saturated rings. The third kappa shape index (κ3) is 3.72. The number of hydrogen-bond acceptors (Lipinski definition) is 5. The van der Waals surface area contributed by atoms with Gasteiger partial charge in [0.25, 0.3) is 5.56 Å². The molecule has 3 aromatic heterocycles. The zero-order valence-electron chi connectivity index (χ0n) is 19.5. The largest absolute Gasteiger partial charge is 0.368 e. The molecule has 1 aromatic carbocycles. The van der Waals surface area contributed by atoms with Crippen LogP contribution in [0.4, 0.5) is 5.69 Å². The summed E-state index contributed by atoms with van der Waals surface area (Å²) in [5.41, 5.74) is 2.15. The van der Waals surface area contributed by atoms with E-state index in [-0.39, 0.29) is 11.2 Å². The van der Waals surface area contributed by atoms with E-state index < -0.39 is 0 Å². The van der Waals surface area contributed by atoms with Gasteiger partial charge in [-0.15, -0.1) is 0 Å². The van der Waals surface area contributed by atoms with Crippen LogP contribution in [0.2, 0.25) is 10.0 Å². The lowest BCUT2D eigenvalue weighted by Gasteiger charge is -2.36. The number of halogens is 2. The summed E-state index contributed by atoms with van der Waals surface area (Å²) in [6.45, 7) is 7.45. The Kier molecular flexibility index (Phi) is 5.95. The van der Waals surface area contributed by atoms with E-state index in [1.807, 2.05) is 31.3 Å². The van der Waals surface area contributed by atoms with Crippen molar-refractivity contribution in [3.05, 3.63) is 61.0 Å². The average Bonchev–Trinajstić information content (AvgIpc) is 3.34. The quantitative estimate of drug-likeness (QED) is 0.418. The number of anilines is 1. The van der Waals surface area contributed by atoms with Crippen LogP contribution < -0.4 is 16.1 Å². The van der Waals surface area contributed by atoms with Crippen molar-refractivity contribution in [3.8, 4) is 0 Å². The predicted octanol–water partition coefficient (Wildman–Crippen LogP) is 2.51. The molecule has 5 rings (SSSR count). The van der Waals surface area contributed by atoms with Crippen molar-refractivity contribution in [2.75, 3.05) is 37.6 Å². The maximum absolute atomic E-state index is 12.7. The van der Waals surface area contributed by atoms with Crippen LogP contribution in [0.1, 0.15) is 12.1 Å². The highest BCUT2D eigenvalue weighted by Crippen LogP contribution is 2.32. The van der Waals surface area contributed by atoms with E-state index in [4.69, 9.17) is 23.2 Å². The van der Waals surface area contributed by atoms with E-state index in [0.29, 0.717) is 27.0 Å². The number of aromatic nitrogens is 5. The van der Waals surface area contributed by atoms with Crippen molar-refractivity contribution in [3.63, 3.8) is 0 Å². The lowest BCUT2D eigenvalue weighted by atomic mass is 10.2. The maximum atomic E-state index is 12.7. The van der Waals surface area contributed by atoms with Crippen LogP contribution in [0.5, 0.6) is 0 Å². The lowest BCUT2D eigenvalue weighted by Crippen LogP contribution is -2.46. The first-order valence-electron chi connectivity index (χ1n) is 11.3. The van der Waals surface area contributed by atoms with Crippen molar-refractivity contribution in [1.29, 1.82) is 0 Å². The summed E-state index contributed by atoms with van der Waals surface area (Å²) in [4.78, 5) is 34.4. The normalized spacial score (nSPS) is 15.1. The number of hydrogen-bond donors (Lipinski definition) is 0. The molecular formula is C23H27Cl2N7O2. The van der Waals surface area contributed by atoms with Gasteiger partial charge < -0.3 is 9.47 Å². The van der Waals surface area contributed by atoms with Gasteiger partial charge >= 0.3 is 5.69 Å². The highest BCUT2D eigenvalue weighted by atomic mass is 35.5. The minimum absolute atomic E-state index is 0.333. The smallest absolute Gasteiger partial charge is 0.332 e. The van der Waals surface area contributed by atoms with Gasteiger partial charge in [-0.05, 0) is 32.0 Å². The summed E-state index contributed by atoms with van der Waals surface area (Å²) in [5.74, 6) is 0.686. The van der Waals surface area contributed by atoms with Gasteiger partial charge in [0.05, 0.1) is 15.7 Å². The molecule has 0 saturated carbocycles. The summed E-state index contributed by atoms with van der Waals surface area (Å²) in [7, 11) is 3.14. The van der Waals surface area contributed by atoms with Gasteiger partial charge in [-0.3, -0.25) is 23.2 Å². The number of fused-ring (bicyclic) bond motifs is 3. The number of piperazine rings is 1. The van der Waals surface area contributed by atoms with Crippen LogP contribution in [0.25, 0.3) is 16.9 Å². The Bertz CT molecular complexity index is 1510. The molecule has 0 spiro atoms. The van der Waals surface area contributed by atoms with Crippen LogP contribution in [0, 0.1) is 6.92 Å². The average molecular weight is 504 g/mol. The molecule has 1 aliphatic heterocycles. The van der Waals surface area contributed by atoms with Gasteiger partial charge in [0.15, 0.2) is 11.2 Å².